The van der Waals surface area contributed by atoms with Crippen LogP contribution in [0.2, 0.25) is 0 Å². The lowest BCUT2D eigenvalue weighted by molar-refractivity contribution is -0.137. The molecule has 0 aliphatic rings. The molecule has 0 radical (unpaired) electrons. The molecule has 0 fully saturated rings. The van der Waals surface area contributed by atoms with Crippen LogP contribution in [0.15, 0.2) is 30.3 Å². The van der Waals surface area contributed by atoms with Crippen molar-refractivity contribution < 1.29 is 19.5 Å². The smallest absolute Gasteiger partial charge is 0.303 e. The van der Waals surface area contributed by atoms with Crippen LogP contribution >= 0.6 is 0 Å². The van der Waals surface area contributed by atoms with Gasteiger partial charge in [-0.1, -0.05) is 30.3 Å². The number of rotatable bonds is 9. The Balaban J connectivity index is 2.22. The number of unbranched alkanes of at least 4 members (excludes halogenated alkanes) is 1. The van der Waals surface area contributed by atoms with E-state index in [0.29, 0.717) is 19.4 Å². The quantitative estimate of drug-likeness (QED) is 0.602. The van der Waals surface area contributed by atoms with Gasteiger partial charge in [-0.3, -0.25) is 14.4 Å². The van der Waals surface area contributed by atoms with Gasteiger partial charge in [0.1, 0.15) is 6.04 Å². The van der Waals surface area contributed by atoms with Crippen molar-refractivity contribution in [1.82, 2.24) is 10.6 Å². The SMILES string of the molecule is CC(NC(=O)CCCCC(=O)O)C(=O)NCc1ccccc1. The molecule has 0 saturated heterocycles. The standard InChI is InChI=1S/C16H22N2O4/c1-12(18-14(19)9-5-6-10-15(20)21)16(22)17-11-13-7-3-2-4-8-13/h2-4,7-8,12H,5-6,9-11H2,1H3,(H,17,22)(H,18,19)(H,20,21). The molecule has 6 nitrogen and oxygen atoms in total. The zero-order chi connectivity index (χ0) is 16.4. The number of nitrogens with one attached hydrogen (secondary N) is 2. The van der Waals surface area contributed by atoms with Crippen LogP contribution in [-0.4, -0.2) is 28.9 Å². The van der Waals surface area contributed by atoms with E-state index in [1.807, 2.05) is 30.3 Å². The molecule has 1 rings (SSSR count). The summed E-state index contributed by atoms with van der Waals surface area (Å²) in [6.45, 7) is 2.04. The number of carbonyl (C=O) groups is 3. The summed E-state index contributed by atoms with van der Waals surface area (Å²) in [5.74, 6) is -1.36. The molecule has 3 N–H and O–H groups in total. The molecule has 0 bridgehead atoms. The molecule has 6 heteroatoms. The average molecular weight is 306 g/mol. The number of carbonyl (C=O) groups excluding carboxylic acids is 2. The highest BCUT2D eigenvalue weighted by Gasteiger charge is 2.14. The highest BCUT2D eigenvalue weighted by atomic mass is 16.4. The zero-order valence-electron chi connectivity index (χ0n) is 12.7. The Morgan fingerprint density at radius 2 is 1.73 bits per heavy atom. The summed E-state index contributed by atoms with van der Waals surface area (Å²) >= 11 is 0. The van der Waals surface area contributed by atoms with Gasteiger partial charge in [0.15, 0.2) is 0 Å². The molecule has 0 aliphatic carbocycles. The maximum absolute atomic E-state index is 11.9. The van der Waals surface area contributed by atoms with Gasteiger partial charge in [0, 0.05) is 19.4 Å². The van der Waals surface area contributed by atoms with E-state index in [-0.39, 0.29) is 24.7 Å². The van der Waals surface area contributed by atoms with Crippen LogP contribution in [0, 0.1) is 0 Å². The highest BCUT2D eigenvalue weighted by Crippen LogP contribution is 2.01. The maximum atomic E-state index is 11.9. The number of amides is 2. The van der Waals surface area contributed by atoms with Gasteiger partial charge < -0.3 is 15.7 Å². The topological polar surface area (TPSA) is 95.5 Å². The Bertz CT molecular complexity index is 502. The molecular formula is C16H22N2O4. The van der Waals surface area contributed by atoms with Crippen LogP contribution in [0.1, 0.15) is 38.2 Å². The van der Waals surface area contributed by atoms with Crippen molar-refractivity contribution in [3.8, 4) is 0 Å². The number of carboxylic acids is 1. The molecule has 0 spiro atoms. The lowest BCUT2D eigenvalue weighted by atomic mass is 10.2. The van der Waals surface area contributed by atoms with E-state index < -0.39 is 12.0 Å². The van der Waals surface area contributed by atoms with Crippen LogP contribution in [0.5, 0.6) is 0 Å². The Kier molecular flexibility index (Phi) is 7.67. The second kappa shape index (κ2) is 9.55. The Morgan fingerprint density at radius 1 is 1.09 bits per heavy atom. The summed E-state index contributed by atoms with van der Waals surface area (Å²) in [7, 11) is 0. The summed E-state index contributed by atoms with van der Waals surface area (Å²) in [5.41, 5.74) is 0.989. The van der Waals surface area contributed by atoms with Gasteiger partial charge in [-0.05, 0) is 25.3 Å². The Labute approximate surface area is 129 Å². The number of carboxylic acid groups (broad SMARTS) is 1. The lowest BCUT2D eigenvalue weighted by Gasteiger charge is -2.14. The monoisotopic (exact) mass is 306 g/mol. The Morgan fingerprint density at radius 3 is 2.36 bits per heavy atom. The molecule has 1 unspecified atom stereocenters. The first-order valence-electron chi connectivity index (χ1n) is 7.32. The summed E-state index contributed by atoms with van der Waals surface area (Å²) in [5, 5.41) is 13.9. The van der Waals surface area contributed by atoms with Crippen LogP contribution in [0.25, 0.3) is 0 Å². The van der Waals surface area contributed by atoms with Crippen molar-refractivity contribution in [2.24, 2.45) is 0 Å². The molecule has 1 atom stereocenters. The Hall–Kier alpha value is -2.37. The molecule has 22 heavy (non-hydrogen) atoms. The third-order valence-electron chi connectivity index (χ3n) is 3.12. The van der Waals surface area contributed by atoms with Crippen molar-refractivity contribution in [3.63, 3.8) is 0 Å². The molecule has 0 heterocycles. The number of aliphatic carboxylic acids is 1. The third-order valence-corrected chi connectivity index (χ3v) is 3.12. The van der Waals surface area contributed by atoms with Crippen molar-refractivity contribution in [1.29, 1.82) is 0 Å². The maximum Gasteiger partial charge on any atom is 0.303 e. The minimum absolute atomic E-state index is 0.0559. The van der Waals surface area contributed by atoms with E-state index in [9.17, 15) is 14.4 Å². The van der Waals surface area contributed by atoms with Gasteiger partial charge in [0.2, 0.25) is 11.8 Å². The first-order chi connectivity index (χ1) is 10.5. The van der Waals surface area contributed by atoms with Gasteiger partial charge in [-0.25, -0.2) is 0 Å². The fraction of sp³-hybridized carbons (Fsp3) is 0.438. The molecule has 0 saturated carbocycles. The fourth-order valence-corrected chi connectivity index (χ4v) is 1.88. The van der Waals surface area contributed by atoms with Crippen molar-refractivity contribution in [2.45, 2.75) is 45.2 Å². The summed E-state index contributed by atoms with van der Waals surface area (Å²) in [6.07, 6.45) is 1.23. The molecule has 120 valence electrons. The van der Waals surface area contributed by atoms with Crippen molar-refractivity contribution in [2.75, 3.05) is 0 Å². The molecule has 2 amide bonds. The van der Waals surface area contributed by atoms with E-state index in [1.54, 1.807) is 6.92 Å². The van der Waals surface area contributed by atoms with Gasteiger partial charge in [0.05, 0.1) is 0 Å². The predicted molar refractivity (Wildman–Crippen MR) is 82.0 cm³/mol. The first kappa shape index (κ1) is 17.7. The largest absolute Gasteiger partial charge is 0.481 e. The number of hydrogen-bond acceptors (Lipinski definition) is 3. The van der Waals surface area contributed by atoms with Crippen LogP contribution in [0.3, 0.4) is 0 Å². The molecule has 1 aromatic carbocycles. The van der Waals surface area contributed by atoms with E-state index in [2.05, 4.69) is 10.6 Å². The van der Waals surface area contributed by atoms with Gasteiger partial charge in [-0.2, -0.15) is 0 Å². The average Bonchev–Trinajstić information content (AvgIpc) is 2.50. The zero-order valence-corrected chi connectivity index (χ0v) is 12.7. The minimum Gasteiger partial charge on any atom is -0.481 e. The van der Waals surface area contributed by atoms with E-state index >= 15 is 0 Å². The van der Waals surface area contributed by atoms with Crippen molar-refractivity contribution >= 4 is 17.8 Å². The van der Waals surface area contributed by atoms with Gasteiger partial charge >= 0.3 is 5.97 Å². The molecule has 0 aliphatic heterocycles. The summed E-state index contributed by atoms with van der Waals surface area (Å²) in [6, 6.07) is 8.89. The van der Waals surface area contributed by atoms with E-state index in [1.165, 1.54) is 0 Å². The second-order valence-electron chi connectivity index (χ2n) is 5.09. The van der Waals surface area contributed by atoms with Crippen LogP contribution in [0.4, 0.5) is 0 Å². The van der Waals surface area contributed by atoms with Crippen LogP contribution < -0.4 is 10.6 Å². The predicted octanol–water partition coefficient (Wildman–Crippen LogP) is 1.45. The van der Waals surface area contributed by atoms with E-state index in [4.69, 9.17) is 5.11 Å². The van der Waals surface area contributed by atoms with E-state index in [0.717, 1.165) is 5.56 Å². The number of benzene rings is 1. The summed E-state index contributed by atoms with van der Waals surface area (Å²) in [4.78, 5) is 33.9. The first-order valence-corrected chi connectivity index (χ1v) is 7.32. The second-order valence-corrected chi connectivity index (χ2v) is 5.09. The summed E-state index contributed by atoms with van der Waals surface area (Å²) < 4.78 is 0. The number of hydrogen-bond donors (Lipinski definition) is 3. The molecule has 0 aromatic heterocycles. The normalized spacial score (nSPS) is 11.5. The van der Waals surface area contributed by atoms with Crippen LogP contribution in [-0.2, 0) is 20.9 Å². The van der Waals surface area contributed by atoms with Gasteiger partial charge in [0.25, 0.3) is 0 Å². The lowest BCUT2D eigenvalue weighted by Crippen LogP contribution is -2.44. The molecular weight excluding hydrogens is 284 g/mol. The molecule has 1 aromatic rings. The van der Waals surface area contributed by atoms with Gasteiger partial charge in [-0.15, -0.1) is 0 Å². The fourth-order valence-electron chi connectivity index (χ4n) is 1.88. The van der Waals surface area contributed by atoms with Crippen molar-refractivity contribution in [3.05, 3.63) is 35.9 Å². The minimum atomic E-state index is -0.867. The third kappa shape index (κ3) is 7.42. The highest BCUT2D eigenvalue weighted by molar-refractivity contribution is 5.87.